The number of hydrogen-bond acceptors (Lipinski definition) is 3. The number of benzene rings is 1. The molecule has 112 valence electrons. The largest absolute Gasteiger partial charge is 0.380 e. The molecule has 1 aliphatic heterocycles. The summed E-state index contributed by atoms with van der Waals surface area (Å²) in [5.74, 6) is 0.668. The number of nitrogens with one attached hydrogen (secondary N) is 1. The van der Waals surface area contributed by atoms with E-state index in [9.17, 15) is 0 Å². The standard InChI is InChI=1S/C17H22ClN3/c1-12(14-6-4-8-21(2)11-14)20-16-10-15(18)9-13-5-3-7-19-17(13)16/h3,5,7,9-10,12,14,20H,4,6,8,11H2,1-2H3. The Hall–Kier alpha value is -1.32. The fraction of sp³-hybridized carbons (Fsp3) is 0.471. The number of rotatable bonds is 3. The molecule has 0 amide bonds. The molecule has 2 unspecified atom stereocenters. The Balaban J connectivity index is 1.84. The summed E-state index contributed by atoms with van der Waals surface area (Å²) in [5, 5.41) is 5.48. The van der Waals surface area contributed by atoms with Crippen LogP contribution >= 0.6 is 11.6 Å². The smallest absolute Gasteiger partial charge is 0.0934 e. The van der Waals surface area contributed by atoms with Crippen LogP contribution in [0, 0.1) is 5.92 Å². The van der Waals surface area contributed by atoms with Gasteiger partial charge in [-0.25, -0.2) is 0 Å². The second-order valence-corrected chi connectivity index (χ2v) is 6.56. The highest BCUT2D eigenvalue weighted by Crippen LogP contribution is 2.29. The zero-order valence-electron chi connectivity index (χ0n) is 12.6. The number of pyridine rings is 1. The van der Waals surface area contributed by atoms with Crippen molar-refractivity contribution < 1.29 is 0 Å². The lowest BCUT2D eigenvalue weighted by atomic mass is 9.91. The Morgan fingerprint density at radius 2 is 2.29 bits per heavy atom. The molecule has 3 rings (SSSR count). The molecule has 0 spiro atoms. The van der Waals surface area contributed by atoms with Crippen LogP contribution < -0.4 is 5.32 Å². The second kappa shape index (κ2) is 6.20. The lowest BCUT2D eigenvalue weighted by molar-refractivity contribution is 0.197. The van der Waals surface area contributed by atoms with E-state index < -0.39 is 0 Å². The first kappa shape index (κ1) is 14.6. The number of halogens is 1. The SMILES string of the molecule is CC(Nc1cc(Cl)cc2cccnc12)C1CCCN(C)C1. The number of nitrogens with zero attached hydrogens (tertiary/aromatic N) is 2. The predicted octanol–water partition coefficient (Wildman–Crippen LogP) is 4.03. The van der Waals surface area contributed by atoms with Crippen molar-refractivity contribution in [3.05, 3.63) is 35.5 Å². The van der Waals surface area contributed by atoms with Gasteiger partial charge in [-0.05, 0) is 57.5 Å². The molecule has 4 heteroatoms. The number of likely N-dealkylation sites (tertiary alicyclic amines) is 1. The van der Waals surface area contributed by atoms with Gasteiger partial charge >= 0.3 is 0 Å². The van der Waals surface area contributed by atoms with Gasteiger partial charge in [0, 0.05) is 29.2 Å². The molecule has 0 bridgehead atoms. The lowest BCUT2D eigenvalue weighted by Gasteiger charge is -2.34. The van der Waals surface area contributed by atoms with Gasteiger partial charge in [-0.15, -0.1) is 0 Å². The Labute approximate surface area is 131 Å². The normalized spacial score (nSPS) is 21.4. The predicted molar refractivity (Wildman–Crippen MR) is 90.1 cm³/mol. The highest BCUT2D eigenvalue weighted by molar-refractivity contribution is 6.31. The molecule has 1 N–H and O–H groups in total. The van der Waals surface area contributed by atoms with E-state index in [1.54, 1.807) is 0 Å². The third-order valence-corrected chi connectivity index (χ3v) is 4.64. The molecule has 2 heterocycles. The molecular formula is C17H22ClN3. The van der Waals surface area contributed by atoms with Gasteiger partial charge in [0.2, 0.25) is 0 Å². The van der Waals surface area contributed by atoms with Crippen molar-refractivity contribution in [2.75, 3.05) is 25.5 Å². The van der Waals surface area contributed by atoms with Crippen LogP contribution in [0.2, 0.25) is 5.02 Å². The van der Waals surface area contributed by atoms with Crippen molar-refractivity contribution in [1.29, 1.82) is 0 Å². The van der Waals surface area contributed by atoms with E-state index in [0.29, 0.717) is 12.0 Å². The molecule has 0 aliphatic carbocycles. The molecule has 21 heavy (non-hydrogen) atoms. The highest BCUT2D eigenvalue weighted by Gasteiger charge is 2.23. The first-order valence-corrected chi connectivity index (χ1v) is 8.00. The molecule has 2 aromatic rings. The molecule has 1 aromatic heterocycles. The van der Waals surface area contributed by atoms with Crippen molar-refractivity contribution in [2.24, 2.45) is 5.92 Å². The topological polar surface area (TPSA) is 28.2 Å². The van der Waals surface area contributed by atoms with Gasteiger partial charge < -0.3 is 10.2 Å². The van der Waals surface area contributed by atoms with E-state index in [0.717, 1.165) is 28.2 Å². The van der Waals surface area contributed by atoms with E-state index in [1.165, 1.54) is 19.4 Å². The average molecular weight is 304 g/mol. The maximum atomic E-state index is 6.24. The zero-order chi connectivity index (χ0) is 14.8. The third kappa shape index (κ3) is 3.30. The van der Waals surface area contributed by atoms with Gasteiger partial charge in [0.05, 0.1) is 11.2 Å². The fourth-order valence-electron chi connectivity index (χ4n) is 3.24. The molecule has 1 aromatic carbocycles. The second-order valence-electron chi connectivity index (χ2n) is 6.13. The molecule has 0 radical (unpaired) electrons. The summed E-state index contributed by atoms with van der Waals surface area (Å²) in [5.41, 5.74) is 2.04. The number of piperidine rings is 1. The van der Waals surface area contributed by atoms with Crippen LogP contribution in [-0.2, 0) is 0 Å². The van der Waals surface area contributed by atoms with Crippen LogP contribution in [0.3, 0.4) is 0 Å². The van der Waals surface area contributed by atoms with Crippen molar-refractivity contribution in [3.8, 4) is 0 Å². The van der Waals surface area contributed by atoms with Gasteiger partial charge in [0.1, 0.15) is 0 Å². The van der Waals surface area contributed by atoms with Crippen LogP contribution in [0.15, 0.2) is 30.5 Å². The number of hydrogen-bond donors (Lipinski definition) is 1. The van der Waals surface area contributed by atoms with E-state index in [2.05, 4.69) is 35.2 Å². The Kier molecular flexibility index (Phi) is 4.32. The molecule has 1 fully saturated rings. The van der Waals surface area contributed by atoms with Crippen molar-refractivity contribution in [2.45, 2.75) is 25.8 Å². The van der Waals surface area contributed by atoms with Gasteiger partial charge in [-0.2, -0.15) is 0 Å². The first-order chi connectivity index (χ1) is 10.1. The Morgan fingerprint density at radius 1 is 1.43 bits per heavy atom. The van der Waals surface area contributed by atoms with Crippen LogP contribution in [0.1, 0.15) is 19.8 Å². The quantitative estimate of drug-likeness (QED) is 0.928. The molecule has 1 aliphatic rings. The van der Waals surface area contributed by atoms with E-state index >= 15 is 0 Å². The fourth-order valence-corrected chi connectivity index (χ4v) is 3.47. The van der Waals surface area contributed by atoms with E-state index in [4.69, 9.17) is 11.6 Å². The van der Waals surface area contributed by atoms with Crippen molar-refractivity contribution in [3.63, 3.8) is 0 Å². The number of anilines is 1. The summed E-state index contributed by atoms with van der Waals surface area (Å²) >= 11 is 6.24. The summed E-state index contributed by atoms with van der Waals surface area (Å²) < 4.78 is 0. The van der Waals surface area contributed by atoms with Crippen molar-refractivity contribution in [1.82, 2.24) is 9.88 Å². The average Bonchev–Trinajstić information content (AvgIpc) is 2.47. The van der Waals surface area contributed by atoms with Crippen LogP contribution in [-0.4, -0.2) is 36.1 Å². The van der Waals surface area contributed by atoms with Crippen molar-refractivity contribution >= 4 is 28.2 Å². The van der Waals surface area contributed by atoms with E-state index in [-0.39, 0.29) is 0 Å². The minimum absolute atomic E-state index is 0.413. The summed E-state index contributed by atoms with van der Waals surface area (Å²) in [6.07, 6.45) is 4.40. The maximum absolute atomic E-state index is 6.24. The molecular weight excluding hydrogens is 282 g/mol. The molecule has 1 saturated heterocycles. The van der Waals surface area contributed by atoms with Crippen LogP contribution in [0.25, 0.3) is 10.9 Å². The number of aromatic nitrogens is 1. The summed E-state index contributed by atoms with van der Waals surface area (Å²) in [6.45, 7) is 4.63. The maximum Gasteiger partial charge on any atom is 0.0934 e. The minimum atomic E-state index is 0.413. The first-order valence-electron chi connectivity index (χ1n) is 7.63. The summed E-state index contributed by atoms with van der Waals surface area (Å²) in [7, 11) is 2.20. The van der Waals surface area contributed by atoms with Gasteiger partial charge in [0.15, 0.2) is 0 Å². The highest BCUT2D eigenvalue weighted by atomic mass is 35.5. The van der Waals surface area contributed by atoms with Gasteiger partial charge in [-0.1, -0.05) is 17.7 Å². The molecule has 0 saturated carbocycles. The lowest BCUT2D eigenvalue weighted by Crippen LogP contribution is -2.39. The summed E-state index contributed by atoms with van der Waals surface area (Å²) in [6, 6.07) is 8.37. The van der Waals surface area contributed by atoms with Crippen LogP contribution in [0.5, 0.6) is 0 Å². The number of fused-ring (bicyclic) bond motifs is 1. The van der Waals surface area contributed by atoms with Crippen LogP contribution in [0.4, 0.5) is 5.69 Å². The Morgan fingerprint density at radius 3 is 3.10 bits per heavy atom. The molecule has 3 nitrogen and oxygen atoms in total. The van der Waals surface area contributed by atoms with E-state index in [1.807, 2.05) is 24.4 Å². The Bertz CT molecular complexity index is 628. The summed E-state index contributed by atoms with van der Waals surface area (Å²) in [4.78, 5) is 6.92. The minimum Gasteiger partial charge on any atom is -0.380 e. The van der Waals surface area contributed by atoms with Gasteiger partial charge in [-0.3, -0.25) is 4.98 Å². The molecule has 2 atom stereocenters. The van der Waals surface area contributed by atoms with Gasteiger partial charge in [0.25, 0.3) is 0 Å². The zero-order valence-corrected chi connectivity index (χ0v) is 13.4. The third-order valence-electron chi connectivity index (χ3n) is 4.42. The monoisotopic (exact) mass is 303 g/mol.